The zero-order valence-electron chi connectivity index (χ0n) is 6.48. The van der Waals surface area contributed by atoms with Crippen LogP contribution in [-0.2, 0) is 0 Å². The molecule has 0 atom stereocenters. The van der Waals surface area contributed by atoms with Crippen molar-refractivity contribution in [3.63, 3.8) is 0 Å². The Hall–Kier alpha value is -0.385. The van der Waals surface area contributed by atoms with Gasteiger partial charge in [0.05, 0.1) is 16.0 Å². The van der Waals surface area contributed by atoms with Crippen LogP contribution in [-0.4, -0.2) is 22.2 Å². The molecule has 0 spiro atoms. The predicted octanol–water partition coefficient (Wildman–Crippen LogP) is -0.0537. The second kappa shape index (κ2) is 3.34. The topological polar surface area (TPSA) is 53.4 Å². The van der Waals surface area contributed by atoms with Gasteiger partial charge in [0.1, 0.15) is 0 Å². The van der Waals surface area contributed by atoms with Gasteiger partial charge in [-0.1, -0.05) is 13.8 Å². The standard InChI is InChI=1S/C6H10BNO2S/c1-4(2)5-6(7(9)10)11-3-8-5/h3-4,9-10H,1-2H3. The van der Waals surface area contributed by atoms with Crippen LogP contribution in [0, 0.1) is 0 Å². The largest absolute Gasteiger partial charge is 0.501 e. The SMILES string of the molecule is CC(C)c1ncsc1B(O)O. The van der Waals surface area contributed by atoms with Crippen LogP contribution in [0.3, 0.4) is 0 Å². The van der Waals surface area contributed by atoms with E-state index in [1.807, 2.05) is 13.8 Å². The molecule has 0 unspecified atom stereocenters. The molecule has 5 heteroatoms. The summed E-state index contributed by atoms with van der Waals surface area (Å²) in [6, 6.07) is 0. The van der Waals surface area contributed by atoms with Gasteiger partial charge in [0.15, 0.2) is 0 Å². The Morgan fingerprint density at radius 1 is 1.55 bits per heavy atom. The van der Waals surface area contributed by atoms with Gasteiger partial charge in [-0.2, -0.15) is 0 Å². The highest BCUT2D eigenvalue weighted by Crippen LogP contribution is 2.11. The van der Waals surface area contributed by atoms with Gasteiger partial charge >= 0.3 is 7.12 Å². The summed E-state index contributed by atoms with van der Waals surface area (Å²) in [6.07, 6.45) is 0. The first-order valence-electron chi connectivity index (χ1n) is 3.42. The van der Waals surface area contributed by atoms with Gasteiger partial charge in [-0.05, 0) is 5.92 Å². The molecule has 11 heavy (non-hydrogen) atoms. The van der Waals surface area contributed by atoms with E-state index in [0.717, 1.165) is 5.69 Å². The maximum Gasteiger partial charge on any atom is 0.501 e. The lowest BCUT2D eigenvalue weighted by Crippen LogP contribution is -2.30. The molecule has 0 radical (unpaired) electrons. The van der Waals surface area contributed by atoms with Crippen LogP contribution in [0.15, 0.2) is 5.51 Å². The number of hydrogen-bond acceptors (Lipinski definition) is 4. The van der Waals surface area contributed by atoms with Gasteiger partial charge in [-0.3, -0.25) is 0 Å². The molecule has 1 rings (SSSR count). The summed E-state index contributed by atoms with van der Waals surface area (Å²) < 4.78 is 0.556. The van der Waals surface area contributed by atoms with Crippen LogP contribution < -0.4 is 4.78 Å². The third-order valence-electron chi connectivity index (χ3n) is 1.41. The first-order chi connectivity index (χ1) is 5.13. The van der Waals surface area contributed by atoms with Crippen molar-refractivity contribution in [1.29, 1.82) is 0 Å². The second-order valence-electron chi connectivity index (χ2n) is 2.63. The Labute approximate surface area is 69.9 Å². The molecule has 0 bridgehead atoms. The van der Waals surface area contributed by atoms with Crippen molar-refractivity contribution in [3.8, 4) is 0 Å². The van der Waals surface area contributed by atoms with Gasteiger partial charge in [-0.15, -0.1) is 11.3 Å². The second-order valence-corrected chi connectivity index (χ2v) is 3.52. The van der Waals surface area contributed by atoms with Crippen LogP contribution in [0.2, 0.25) is 0 Å². The molecule has 0 amide bonds. The van der Waals surface area contributed by atoms with Crippen LogP contribution in [0.1, 0.15) is 25.5 Å². The molecule has 1 heterocycles. The monoisotopic (exact) mass is 171 g/mol. The summed E-state index contributed by atoms with van der Waals surface area (Å²) in [5, 5.41) is 17.7. The molecule has 3 nitrogen and oxygen atoms in total. The maximum absolute atomic E-state index is 8.87. The zero-order valence-corrected chi connectivity index (χ0v) is 7.30. The van der Waals surface area contributed by atoms with Crippen LogP contribution in [0.25, 0.3) is 0 Å². The number of nitrogens with zero attached hydrogens (tertiary/aromatic N) is 1. The van der Waals surface area contributed by atoms with Crippen molar-refractivity contribution < 1.29 is 10.0 Å². The third-order valence-corrected chi connectivity index (χ3v) is 2.29. The molecule has 1 aromatic heterocycles. The van der Waals surface area contributed by atoms with Gasteiger partial charge in [-0.25, -0.2) is 4.98 Å². The third kappa shape index (κ3) is 1.80. The fourth-order valence-corrected chi connectivity index (χ4v) is 1.70. The predicted molar refractivity (Wildman–Crippen MR) is 46.0 cm³/mol. The summed E-state index contributed by atoms with van der Waals surface area (Å²) in [7, 11) is -1.38. The zero-order chi connectivity index (χ0) is 8.43. The molecule has 1 aromatic rings. The molecule has 60 valence electrons. The molecule has 0 fully saturated rings. The Morgan fingerprint density at radius 3 is 2.55 bits per heavy atom. The van der Waals surface area contributed by atoms with Crippen molar-refractivity contribution >= 4 is 23.2 Å². The van der Waals surface area contributed by atoms with E-state index in [1.54, 1.807) is 5.51 Å². The lowest BCUT2D eigenvalue weighted by molar-refractivity contribution is 0.426. The van der Waals surface area contributed by atoms with Gasteiger partial charge < -0.3 is 10.0 Å². The van der Waals surface area contributed by atoms with Crippen molar-refractivity contribution in [2.45, 2.75) is 19.8 Å². The van der Waals surface area contributed by atoms with E-state index in [0.29, 0.717) is 4.78 Å². The summed E-state index contributed by atoms with van der Waals surface area (Å²) in [5.74, 6) is 0.248. The molecule has 0 saturated carbocycles. The minimum Gasteiger partial charge on any atom is -0.423 e. The first-order valence-corrected chi connectivity index (χ1v) is 4.30. The maximum atomic E-state index is 8.87. The molecular formula is C6H10BNO2S. The number of thiazole rings is 1. The summed E-state index contributed by atoms with van der Waals surface area (Å²) >= 11 is 1.27. The Kier molecular flexibility index (Phi) is 2.65. The average Bonchev–Trinajstić information content (AvgIpc) is 2.32. The van der Waals surface area contributed by atoms with Gasteiger partial charge in [0, 0.05) is 0 Å². The lowest BCUT2D eigenvalue weighted by atomic mass is 9.85. The molecule has 2 N–H and O–H groups in total. The fraction of sp³-hybridized carbons (Fsp3) is 0.500. The Balaban J connectivity index is 2.96. The minimum absolute atomic E-state index is 0.248. The summed E-state index contributed by atoms with van der Waals surface area (Å²) in [6.45, 7) is 3.95. The van der Waals surface area contributed by atoms with E-state index in [2.05, 4.69) is 4.98 Å². The van der Waals surface area contributed by atoms with E-state index in [-0.39, 0.29) is 5.92 Å². The van der Waals surface area contributed by atoms with E-state index in [1.165, 1.54) is 11.3 Å². The van der Waals surface area contributed by atoms with Crippen LogP contribution in [0.5, 0.6) is 0 Å². The number of aromatic nitrogens is 1. The lowest BCUT2D eigenvalue weighted by Gasteiger charge is -2.02. The molecule has 0 aliphatic rings. The van der Waals surface area contributed by atoms with Crippen molar-refractivity contribution in [3.05, 3.63) is 11.2 Å². The van der Waals surface area contributed by atoms with E-state index < -0.39 is 7.12 Å². The van der Waals surface area contributed by atoms with Gasteiger partial charge in [0.2, 0.25) is 0 Å². The fourth-order valence-electron chi connectivity index (χ4n) is 0.891. The van der Waals surface area contributed by atoms with Crippen molar-refractivity contribution in [1.82, 2.24) is 4.98 Å². The molecule has 0 aromatic carbocycles. The molecule has 0 aliphatic carbocycles. The molecule has 0 saturated heterocycles. The molecular weight excluding hydrogens is 161 g/mol. The Bertz CT molecular complexity index is 214. The number of hydrogen-bond donors (Lipinski definition) is 2. The van der Waals surface area contributed by atoms with E-state index >= 15 is 0 Å². The first kappa shape index (κ1) is 8.71. The molecule has 0 aliphatic heterocycles. The van der Waals surface area contributed by atoms with E-state index in [9.17, 15) is 0 Å². The van der Waals surface area contributed by atoms with Crippen LogP contribution >= 0.6 is 11.3 Å². The van der Waals surface area contributed by atoms with Gasteiger partial charge in [0.25, 0.3) is 0 Å². The quantitative estimate of drug-likeness (QED) is 0.613. The highest BCUT2D eigenvalue weighted by molar-refractivity contribution is 7.20. The number of rotatable bonds is 2. The van der Waals surface area contributed by atoms with Crippen LogP contribution in [0.4, 0.5) is 0 Å². The van der Waals surface area contributed by atoms with Crippen molar-refractivity contribution in [2.75, 3.05) is 0 Å². The van der Waals surface area contributed by atoms with Crippen molar-refractivity contribution in [2.24, 2.45) is 0 Å². The normalized spacial score (nSPS) is 10.6. The highest BCUT2D eigenvalue weighted by atomic mass is 32.1. The highest BCUT2D eigenvalue weighted by Gasteiger charge is 2.20. The Morgan fingerprint density at radius 2 is 2.18 bits per heavy atom. The van der Waals surface area contributed by atoms with E-state index in [4.69, 9.17) is 10.0 Å². The minimum atomic E-state index is -1.38. The summed E-state index contributed by atoms with van der Waals surface area (Å²) in [5.41, 5.74) is 2.41. The smallest absolute Gasteiger partial charge is 0.423 e. The summed E-state index contributed by atoms with van der Waals surface area (Å²) in [4.78, 5) is 4.04. The average molecular weight is 171 g/mol.